The Morgan fingerprint density at radius 2 is 2.42 bits per heavy atom. The number of carbonyl (C=O) groups excluding carboxylic acids is 1. The fourth-order valence-corrected chi connectivity index (χ4v) is 1.97. The number of quaternary nitrogens is 1. The van der Waals surface area contributed by atoms with E-state index in [1.165, 1.54) is 19.5 Å². The van der Waals surface area contributed by atoms with Crippen LogP contribution in [0.4, 0.5) is 0 Å². The van der Waals surface area contributed by atoms with Gasteiger partial charge in [0.15, 0.2) is 0 Å². The number of amides is 1. The average Bonchev–Trinajstić information content (AvgIpc) is 2.05. The zero-order chi connectivity index (χ0) is 8.97. The Kier molecular flexibility index (Phi) is 3.53. The molecular formula is C9H19N2O+. The van der Waals surface area contributed by atoms with Gasteiger partial charge in [-0.1, -0.05) is 6.92 Å². The first-order valence-corrected chi connectivity index (χ1v) is 4.87. The Balaban J connectivity index is 2.35. The molecule has 1 heterocycles. The van der Waals surface area contributed by atoms with Crippen LogP contribution in [0.25, 0.3) is 0 Å². The molecule has 0 saturated carbocycles. The number of rotatable bonds is 3. The Labute approximate surface area is 73.9 Å². The number of hydrogen-bond acceptors (Lipinski definition) is 1. The molecule has 0 radical (unpaired) electrons. The Hall–Kier alpha value is -0.570. The van der Waals surface area contributed by atoms with Gasteiger partial charge in [-0.05, 0) is 19.3 Å². The maximum Gasteiger partial charge on any atom is 0.226 e. The topological polar surface area (TPSA) is 47.5 Å². The molecule has 3 nitrogen and oxygen atoms in total. The summed E-state index contributed by atoms with van der Waals surface area (Å²) in [5, 5.41) is 0. The quantitative estimate of drug-likeness (QED) is 0.572. The van der Waals surface area contributed by atoms with Crippen LogP contribution in [0.3, 0.4) is 0 Å². The molecule has 0 spiro atoms. The van der Waals surface area contributed by atoms with Crippen LogP contribution in [0.1, 0.15) is 26.2 Å². The van der Waals surface area contributed by atoms with Crippen LogP contribution in [0.15, 0.2) is 0 Å². The molecule has 0 aliphatic carbocycles. The summed E-state index contributed by atoms with van der Waals surface area (Å²) >= 11 is 0. The van der Waals surface area contributed by atoms with Crippen molar-refractivity contribution in [3.05, 3.63) is 0 Å². The molecule has 1 aliphatic heterocycles. The molecular weight excluding hydrogens is 152 g/mol. The van der Waals surface area contributed by atoms with Crippen LogP contribution in [0.2, 0.25) is 0 Å². The molecule has 3 N–H and O–H groups in total. The van der Waals surface area contributed by atoms with Crippen LogP contribution < -0.4 is 10.6 Å². The average molecular weight is 171 g/mol. The highest BCUT2D eigenvalue weighted by atomic mass is 16.1. The summed E-state index contributed by atoms with van der Waals surface area (Å²) in [5.41, 5.74) is 5.27. The largest absolute Gasteiger partial charge is 0.369 e. The first-order valence-electron chi connectivity index (χ1n) is 4.87. The van der Waals surface area contributed by atoms with Crippen molar-refractivity contribution in [1.82, 2.24) is 0 Å². The van der Waals surface area contributed by atoms with Gasteiger partial charge in [-0.25, -0.2) is 0 Å². The van der Waals surface area contributed by atoms with E-state index in [9.17, 15) is 4.79 Å². The van der Waals surface area contributed by atoms with Crippen molar-refractivity contribution >= 4 is 5.91 Å². The number of nitrogens with two attached hydrogens (primary N) is 1. The number of carbonyl (C=O) groups is 1. The smallest absolute Gasteiger partial charge is 0.226 e. The molecule has 70 valence electrons. The highest BCUT2D eigenvalue weighted by Gasteiger charge is 2.25. The van der Waals surface area contributed by atoms with E-state index in [1.54, 1.807) is 4.90 Å². The van der Waals surface area contributed by atoms with Crippen LogP contribution in [0.5, 0.6) is 0 Å². The fourth-order valence-electron chi connectivity index (χ4n) is 1.97. The van der Waals surface area contributed by atoms with Crippen LogP contribution in [0, 0.1) is 5.92 Å². The second-order valence-corrected chi connectivity index (χ2v) is 3.70. The molecule has 12 heavy (non-hydrogen) atoms. The van der Waals surface area contributed by atoms with Crippen LogP contribution in [-0.2, 0) is 4.79 Å². The third-order valence-corrected chi connectivity index (χ3v) is 2.62. The van der Waals surface area contributed by atoms with Gasteiger partial charge in [-0.3, -0.25) is 4.79 Å². The zero-order valence-electron chi connectivity index (χ0n) is 7.81. The Bertz CT molecular complexity index is 157. The SMILES string of the molecule is CCC[NH+]1CCC[C@@H](C(N)=O)C1. The van der Waals surface area contributed by atoms with Crippen molar-refractivity contribution in [3.8, 4) is 0 Å². The lowest BCUT2D eigenvalue weighted by Gasteiger charge is -2.27. The van der Waals surface area contributed by atoms with E-state index in [1.807, 2.05) is 0 Å². The third kappa shape index (κ3) is 2.48. The fraction of sp³-hybridized carbons (Fsp3) is 0.889. The molecule has 1 saturated heterocycles. The zero-order valence-corrected chi connectivity index (χ0v) is 7.81. The molecule has 0 aromatic rings. The van der Waals surface area contributed by atoms with Crippen LogP contribution in [-0.4, -0.2) is 25.5 Å². The van der Waals surface area contributed by atoms with Crippen molar-refractivity contribution in [2.75, 3.05) is 19.6 Å². The molecule has 2 atom stereocenters. The summed E-state index contributed by atoms with van der Waals surface area (Å²) in [6.45, 7) is 5.55. The van der Waals surface area contributed by atoms with Gasteiger partial charge in [-0.2, -0.15) is 0 Å². The molecule has 0 aromatic carbocycles. The van der Waals surface area contributed by atoms with E-state index in [4.69, 9.17) is 5.73 Å². The summed E-state index contributed by atoms with van der Waals surface area (Å²) in [5.74, 6) is 0.0311. The van der Waals surface area contributed by atoms with Gasteiger partial charge in [0.1, 0.15) is 0 Å². The molecule has 0 bridgehead atoms. The summed E-state index contributed by atoms with van der Waals surface area (Å²) < 4.78 is 0. The molecule has 3 heteroatoms. The van der Waals surface area contributed by atoms with Crippen molar-refractivity contribution in [2.45, 2.75) is 26.2 Å². The number of piperidine rings is 1. The van der Waals surface area contributed by atoms with Gasteiger partial charge in [0.25, 0.3) is 0 Å². The minimum atomic E-state index is -0.108. The van der Waals surface area contributed by atoms with Crippen LogP contribution >= 0.6 is 0 Å². The minimum Gasteiger partial charge on any atom is -0.369 e. The lowest BCUT2D eigenvalue weighted by molar-refractivity contribution is -0.907. The molecule has 1 amide bonds. The van der Waals surface area contributed by atoms with E-state index >= 15 is 0 Å². The van der Waals surface area contributed by atoms with Gasteiger partial charge in [0.05, 0.1) is 25.6 Å². The predicted octanol–water partition coefficient (Wildman–Crippen LogP) is -0.823. The van der Waals surface area contributed by atoms with E-state index in [2.05, 4.69) is 6.92 Å². The summed E-state index contributed by atoms with van der Waals surface area (Å²) in [7, 11) is 0. The number of likely N-dealkylation sites (tertiary alicyclic amines) is 1. The number of primary amides is 1. The second kappa shape index (κ2) is 4.45. The van der Waals surface area contributed by atoms with Gasteiger partial charge in [-0.15, -0.1) is 0 Å². The van der Waals surface area contributed by atoms with Crippen molar-refractivity contribution < 1.29 is 9.69 Å². The highest BCUT2D eigenvalue weighted by molar-refractivity contribution is 5.76. The maximum atomic E-state index is 10.9. The van der Waals surface area contributed by atoms with Crippen molar-refractivity contribution in [2.24, 2.45) is 11.7 Å². The third-order valence-electron chi connectivity index (χ3n) is 2.62. The monoisotopic (exact) mass is 171 g/mol. The predicted molar refractivity (Wildman–Crippen MR) is 47.8 cm³/mol. The van der Waals surface area contributed by atoms with E-state index in [0.717, 1.165) is 19.4 Å². The summed E-state index contributed by atoms with van der Waals surface area (Å²) in [6, 6.07) is 0. The van der Waals surface area contributed by atoms with E-state index in [0.29, 0.717) is 0 Å². The summed E-state index contributed by atoms with van der Waals surface area (Å²) in [6.07, 6.45) is 3.35. The van der Waals surface area contributed by atoms with Gasteiger partial charge < -0.3 is 10.6 Å². The lowest BCUT2D eigenvalue weighted by Crippen LogP contribution is -3.13. The summed E-state index contributed by atoms with van der Waals surface area (Å²) in [4.78, 5) is 12.5. The molecule has 1 fully saturated rings. The molecule has 1 aliphatic rings. The first kappa shape index (κ1) is 9.52. The standard InChI is InChI=1S/C9H18N2O/c1-2-5-11-6-3-4-8(7-11)9(10)12/h8H,2-7H2,1H3,(H2,10,12)/p+1/t8-/m1/s1. The highest BCUT2D eigenvalue weighted by Crippen LogP contribution is 2.05. The van der Waals surface area contributed by atoms with E-state index < -0.39 is 0 Å². The Morgan fingerprint density at radius 3 is 3.00 bits per heavy atom. The molecule has 1 unspecified atom stereocenters. The molecule has 1 rings (SSSR count). The van der Waals surface area contributed by atoms with Gasteiger partial charge in [0, 0.05) is 0 Å². The number of hydrogen-bond donors (Lipinski definition) is 2. The van der Waals surface area contributed by atoms with E-state index in [-0.39, 0.29) is 11.8 Å². The maximum absolute atomic E-state index is 10.9. The van der Waals surface area contributed by atoms with Gasteiger partial charge >= 0.3 is 0 Å². The first-order chi connectivity index (χ1) is 5.74. The normalized spacial score (nSPS) is 30.1. The van der Waals surface area contributed by atoms with Gasteiger partial charge in [0.2, 0.25) is 5.91 Å². The minimum absolute atomic E-state index is 0.108. The van der Waals surface area contributed by atoms with Crippen molar-refractivity contribution in [3.63, 3.8) is 0 Å². The molecule has 0 aromatic heterocycles. The second-order valence-electron chi connectivity index (χ2n) is 3.70. The lowest BCUT2D eigenvalue weighted by atomic mass is 9.97. The number of nitrogens with one attached hydrogen (secondary N) is 1. The Morgan fingerprint density at radius 1 is 1.67 bits per heavy atom. The van der Waals surface area contributed by atoms with Crippen molar-refractivity contribution in [1.29, 1.82) is 0 Å².